The first-order chi connectivity index (χ1) is 10.1. The highest BCUT2D eigenvalue weighted by Crippen LogP contribution is 2.23. The van der Waals surface area contributed by atoms with Crippen molar-refractivity contribution >= 4 is 23.2 Å². The molecular weight excluding hydrogens is 284 g/mol. The van der Waals surface area contributed by atoms with Crippen molar-refractivity contribution in [2.24, 2.45) is 0 Å². The largest absolute Gasteiger partial charge is 0.307 e. The van der Waals surface area contributed by atoms with Gasteiger partial charge in [-0.25, -0.2) is 0 Å². The van der Waals surface area contributed by atoms with Gasteiger partial charge in [-0.3, -0.25) is 9.78 Å². The second-order valence-corrected chi connectivity index (χ2v) is 5.49. The lowest BCUT2D eigenvalue weighted by molar-refractivity contribution is -0.116. The van der Waals surface area contributed by atoms with Gasteiger partial charge in [-0.2, -0.15) is 0 Å². The van der Waals surface area contributed by atoms with E-state index in [0.717, 1.165) is 11.3 Å². The topological polar surface area (TPSA) is 33.2 Å². The van der Waals surface area contributed by atoms with Gasteiger partial charge in [0.05, 0.1) is 6.54 Å². The highest BCUT2D eigenvalue weighted by Gasteiger charge is 2.16. The van der Waals surface area contributed by atoms with E-state index in [0.29, 0.717) is 12.5 Å². The number of hydrogen-bond acceptors (Lipinski definition) is 2. The Morgan fingerprint density at radius 2 is 1.95 bits per heavy atom. The van der Waals surface area contributed by atoms with E-state index < -0.39 is 0 Å². The van der Waals surface area contributed by atoms with Crippen molar-refractivity contribution in [3.8, 4) is 0 Å². The number of rotatable bonds is 5. The predicted molar refractivity (Wildman–Crippen MR) is 86.7 cm³/mol. The molecule has 110 valence electrons. The molecule has 0 saturated carbocycles. The molecule has 1 amide bonds. The first-order valence-corrected chi connectivity index (χ1v) is 7.50. The number of hydrogen-bond donors (Lipinski definition) is 0. The molecule has 4 heteroatoms. The number of halogens is 1. The Morgan fingerprint density at radius 1 is 1.24 bits per heavy atom. The van der Waals surface area contributed by atoms with Crippen molar-refractivity contribution in [3.63, 3.8) is 0 Å². The molecule has 1 heterocycles. The van der Waals surface area contributed by atoms with Crippen LogP contribution >= 0.6 is 11.6 Å². The Hall–Kier alpha value is -1.87. The molecule has 0 aliphatic carbocycles. The summed E-state index contributed by atoms with van der Waals surface area (Å²) in [7, 11) is 0. The fourth-order valence-electron chi connectivity index (χ4n) is 2.12. The van der Waals surface area contributed by atoms with Crippen molar-refractivity contribution in [1.82, 2.24) is 4.98 Å². The number of anilines is 1. The molecule has 0 radical (unpaired) electrons. The lowest BCUT2D eigenvalue weighted by Crippen LogP contribution is -2.31. The van der Waals surface area contributed by atoms with Crippen LogP contribution in [0.3, 0.4) is 0 Å². The molecular formula is C17H19ClN2O. The van der Waals surface area contributed by atoms with Gasteiger partial charge >= 0.3 is 0 Å². The maximum absolute atomic E-state index is 12.2. The summed E-state index contributed by atoms with van der Waals surface area (Å²) < 4.78 is 0. The summed E-state index contributed by atoms with van der Waals surface area (Å²) in [5.41, 5.74) is 3.11. The summed E-state index contributed by atoms with van der Waals surface area (Å²) in [5, 5.41) is 0. The Kier molecular flexibility index (Phi) is 5.34. The summed E-state index contributed by atoms with van der Waals surface area (Å²) in [4.78, 5) is 17.9. The number of alkyl halides is 1. The molecule has 1 aromatic heterocycles. The minimum Gasteiger partial charge on any atom is -0.307 e. The van der Waals surface area contributed by atoms with Crippen LogP contribution in [0.25, 0.3) is 0 Å². The molecule has 0 N–H and O–H groups in total. The van der Waals surface area contributed by atoms with Crippen molar-refractivity contribution in [3.05, 3.63) is 59.9 Å². The number of carbonyl (C=O) groups excluding carboxylic acids is 1. The molecule has 0 fully saturated rings. The Balaban J connectivity index is 2.32. The quantitative estimate of drug-likeness (QED) is 0.783. The van der Waals surface area contributed by atoms with Crippen LogP contribution in [0.1, 0.15) is 30.9 Å². The smallest absolute Gasteiger partial charge is 0.242 e. The molecule has 0 spiro atoms. The van der Waals surface area contributed by atoms with Crippen LogP contribution in [0, 0.1) is 0 Å². The maximum Gasteiger partial charge on any atom is 0.242 e. The molecule has 2 aromatic rings. The molecule has 0 aliphatic heterocycles. The third-order valence-corrected chi connectivity index (χ3v) is 3.58. The Morgan fingerprint density at radius 3 is 2.57 bits per heavy atom. The zero-order chi connectivity index (χ0) is 15.2. The molecule has 0 atom stereocenters. The molecule has 1 aromatic carbocycles. The molecule has 0 bridgehead atoms. The first kappa shape index (κ1) is 15.5. The number of carbonyl (C=O) groups is 1. The van der Waals surface area contributed by atoms with E-state index in [-0.39, 0.29) is 11.8 Å². The fraction of sp³-hybridized carbons (Fsp3) is 0.294. The minimum absolute atomic E-state index is 0.0308. The molecule has 21 heavy (non-hydrogen) atoms. The highest BCUT2D eigenvalue weighted by molar-refractivity contribution is 6.29. The standard InChI is InChI=1S/C17H19ClN2O/c1-13(2)15-4-3-5-16(10-15)20(17(21)11-18)12-14-6-8-19-9-7-14/h3-10,13H,11-12H2,1-2H3. The van der Waals surface area contributed by atoms with Crippen LogP contribution < -0.4 is 4.90 Å². The van der Waals surface area contributed by atoms with E-state index in [9.17, 15) is 4.79 Å². The summed E-state index contributed by atoms with van der Waals surface area (Å²) in [6.45, 7) is 4.76. The Labute approximate surface area is 130 Å². The number of nitrogens with zero attached hydrogens (tertiary/aromatic N) is 2. The van der Waals surface area contributed by atoms with E-state index in [4.69, 9.17) is 11.6 Å². The fourth-order valence-corrected chi connectivity index (χ4v) is 2.26. The van der Waals surface area contributed by atoms with Crippen LogP contribution in [0.2, 0.25) is 0 Å². The third-order valence-electron chi connectivity index (χ3n) is 3.35. The van der Waals surface area contributed by atoms with Crippen LogP contribution in [-0.2, 0) is 11.3 Å². The normalized spacial score (nSPS) is 10.7. The molecule has 2 rings (SSSR count). The van der Waals surface area contributed by atoms with Crippen molar-refractivity contribution in [2.75, 3.05) is 10.8 Å². The SMILES string of the molecule is CC(C)c1cccc(N(Cc2ccncc2)C(=O)CCl)c1. The average Bonchev–Trinajstić information content (AvgIpc) is 2.53. The van der Waals surface area contributed by atoms with Gasteiger partial charge in [-0.1, -0.05) is 26.0 Å². The third kappa shape index (κ3) is 4.05. The summed E-state index contributed by atoms with van der Waals surface area (Å²) >= 11 is 5.76. The average molecular weight is 303 g/mol. The van der Waals surface area contributed by atoms with E-state index in [1.165, 1.54) is 5.56 Å². The van der Waals surface area contributed by atoms with Gasteiger partial charge in [0.2, 0.25) is 5.91 Å². The first-order valence-electron chi connectivity index (χ1n) is 6.97. The molecule has 0 unspecified atom stereocenters. The van der Waals surface area contributed by atoms with Crippen LogP contribution in [0.5, 0.6) is 0 Å². The minimum atomic E-state index is -0.102. The zero-order valence-electron chi connectivity index (χ0n) is 12.3. The molecule has 0 aliphatic rings. The van der Waals surface area contributed by atoms with E-state index in [1.807, 2.05) is 24.3 Å². The summed E-state index contributed by atoms with van der Waals surface area (Å²) in [6.07, 6.45) is 3.45. The maximum atomic E-state index is 12.2. The lowest BCUT2D eigenvalue weighted by Gasteiger charge is -2.23. The van der Waals surface area contributed by atoms with Gasteiger partial charge in [0.15, 0.2) is 0 Å². The predicted octanol–water partition coefficient (Wildman–Crippen LogP) is 3.98. The molecule has 3 nitrogen and oxygen atoms in total. The lowest BCUT2D eigenvalue weighted by atomic mass is 10.0. The summed E-state index contributed by atoms with van der Waals surface area (Å²) in [6, 6.07) is 11.9. The van der Waals surface area contributed by atoms with E-state index >= 15 is 0 Å². The number of pyridine rings is 1. The van der Waals surface area contributed by atoms with Gasteiger partial charge < -0.3 is 4.90 Å². The van der Waals surface area contributed by atoms with Crippen LogP contribution in [0.4, 0.5) is 5.69 Å². The van der Waals surface area contributed by atoms with Gasteiger partial charge in [0.1, 0.15) is 5.88 Å². The zero-order valence-corrected chi connectivity index (χ0v) is 13.0. The van der Waals surface area contributed by atoms with Crippen LogP contribution in [-0.4, -0.2) is 16.8 Å². The van der Waals surface area contributed by atoms with Gasteiger partial charge in [0, 0.05) is 18.1 Å². The number of amides is 1. The number of aromatic nitrogens is 1. The highest BCUT2D eigenvalue weighted by atomic mass is 35.5. The van der Waals surface area contributed by atoms with Gasteiger partial charge in [-0.05, 0) is 41.3 Å². The van der Waals surface area contributed by atoms with Crippen molar-refractivity contribution < 1.29 is 4.79 Å². The summed E-state index contributed by atoms with van der Waals surface area (Å²) in [5.74, 6) is 0.282. The van der Waals surface area contributed by atoms with Crippen LogP contribution in [0.15, 0.2) is 48.8 Å². The Bertz CT molecular complexity index is 599. The van der Waals surface area contributed by atoms with Crippen molar-refractivity contribution in [1.29, 1.82) is 0 Å². The van der Waals surface area contributed by atoms with Gasteiger partial charge in [-0.15, -0.1) is 11.6 Å². The second-order valence-electron chi connectivity index (χ2n) is 5.22. The monoisotopic (exact) mass is 302 g/mol. The van der Waals surface area contributed by atoms with E-state index in [2.05, 4.69) is 31.0 Å². The van der Waals surface area contributed by atoms with E-state index in [1.54, 1.807) is 17.3 Å². The second kappa shape index (κ2) is 7.23. The molecule has 0 saturated heterocycles. The van der Waals surface area contributed by atoms with Crippen molar-refractivity contribution in [2.45, 2.75) is 26.3 Å². The number of benzene rings is 1. The van der Waals surface area contributed by atoms with Gasteiger partial charge in [0.25, 0.3) is 0 Å².